The Morgan fingerprint density at radius 2 is 1.67 bits per heavy atom. The fourth-order valence-corrected chi connectivity index (χ4v) is 3.15. The number of hydrogen-bond donors (Lipinski definition) is 2. The Balaban J connectivity index is 1.89. The highest BCUT2D eigenvalue weighted by atomic mass is 16.5. The third-order valence-electron chi connectivity index (χ3n) is 4.39. The van der Waals surface area contributed by atoms with Gasteiger partial charge < -0.3 is 20.1 Å². The van der Waals surface area contributed by atoms with Crippen LogP contribution in [0.3, 0.4) is 0 Å². The van der Waals surface area contributed by atoms with Gasteiger partial charge in [0, 0.05) is 24.7 Å². The van der Waals surface area contributed by atoms with Crippen LogP contribution in [0.1, 0.15) is 51.8 Å². The first-order valence-corrected chi connectivity index (χ1v) is 9.67. The molecular formula is C23H34N2O2. The van der Waals surface area contributed by atoms with Crippen LogP contribution in [0.15, 0.2) is 48.5 Å². The van der Waals surface area contributed by atoms with E-state index in [-0.39, 0.29) is 11.6 Å². The lowest BCUT2D eigenvalue weighted by molar-refractivity contribution is 0.230. The molecular weight excluding hydrogens is 336 g/mol. The molecule has 4 nitrogen and oxygen atoms in total. The molecule has 0 heterocycles. The van der Waals surface area contributed by atoms with Crippen LogP contribution >= 0.6 is 0 Å². The topological polar surface area (TPSA) is 42.5 Å². The summed E-state index contributed by atoms with van der Waals surface area (Å²) in [4.78, 5) is 0. The summed E-state index contributed by atoms with van der Waals surface area (Å²) >= 11 is 0. The molecule has 0 aliphatic rings. The second-order valence-corrected chi connectivity index (χ2v) is 7.92. The third kappa shape index (κ3) is 6.89. The molecule has 4 heteroatoms. The Hall–Kier alpha value is -2.04. The normalized spacial score (nSPS) is 12.9. The largest absolute Gasteiger partial charge is 0.493 e. The Morgan fingerprint density at radius 3 is 2.30 bits per heavy atom. The molecule has 0 aromatic heterocycles. The minimum Gasteiger partial charge on any atom is -0.493 e. The van der Waals surface area contributed by atoms with E-state index < -0.39 is 0 Å². The van der Waals surface area contributed by atoms with Crippen molar-refractivity contribution in [3.63, 3.8) is 0 Å². The molecule has 2 aromatic carbocycles. The summed E-state index contributed by atoms with van der Waals surface area (Å²) in [7, 11) is 1.68. The minimum atomic E-state index is -0.0277. The van der Waals surface area contributed by atoms with Gasteiger partial charge in [0.15, 0.2) is 11.5 Å². The van der Waals surface area contributed by atoms with Gasteiger partial charge in [-0.1, -0.05) is 36.4 Å². The number of nitrogens with one attached hydrogen (secondary N) is 2. The van der Waals surface area contributed by atoms with Gasteiger partial charge in [0.2, 0.25) is 0 Å². The number of benzene rings is 2. The Labute approximate surface area is 164 Å². The maximum Gasteiger partial charge on any atom is 0.161 e. The highest BCUT2D eigenvalue weighted by molar-refractivity contribution is 5.43. The van der Waals surface area contributed by atoms with Gasteiger partial charge in [-0.15, -0.1) is 0 Å². The summed E-state index contributed by atoms with van der Waals surface area (Å²) in [6, 6.07) is 16.9. The summed E-state index contributed by atoms with van der Waals surface area (Å²) in [5, 5.41) is 7.26. The minimum absolute atomic E-state index is 0.0277. The van der Waals surface area contributed by atoms with Crippen molar-refractivity contribution in [3.8, 4) is 11.5 Å². The van der Waals surface area contributed by atoms with Crippen molar-refractivity contribution in [3.05, 3.63) is 59.7 Å². The molecule has 0 bridgehead atoms. The summed E-state index contributed by atoms with van der Waals surface area (Å²) in [5.74, 6) is 1.56. The average Bonchev–Trinajstić information content (AvgIpc) is 2.62. The molecule has 2 rings (SSSR count). The van der Waals surface area contributed by atoms with Crippen LogP contribution in [0.2, 0.25) is 0 Å². The molecule has 0 aliphatic heterocycles. The maximum absolute atomic E-state index is 5.78. The predicted octanol–water partition coefficient (Wildman–Crippen LogP) is 4.70. The summed E-state index contributed by atoms with van der Waals surface area (Å²) in [6.07, 6.45) is 0.126. The van der Waals surface area contributed by atoms with Crippen molar-refractivity contribution < 1.29 is 9.47 Å². The van der Waals surface area contributed by atoms with Crippen LogP contribution in [-0.4, -0.2) is 25.3 Å². The molecule has 0 saturated carbocycles. The van der Waals surface area contributed by atoms with Crippen molar-refractivity contribution in [2.45, 2.75) is 58.8 Å². The van der Waals surface area contributed by atoms with E-state index in [1.54, 1.807) is 7.11 Å². The number of hydrogen-bond acceptors (Lipinski definition) is 4. The second-order valence-electron chi connectivity index (χ2n) is 7.92. The molecule has 27 heavy (non-hydrogen) atoms. The molecule has 2 N–H and O–H groups in total. The van der Waals surface area contributed by atoms with Gasteiger partial charge in [-0.25, -0.2) is 0 Å². The third-order valence-corrected chi connectivity index (χ3v) is 4.39. The standard InChI is InChI=1S/C23H34N2O2/c1-17(2)27-21-13-12-19(14-22(21)26-6)15-24-16-23(4,5)25-18(3)20-10-8-7-9-11-20/h7-14,17-18,24-25H,15-16H2,1-6H3. The molecule has 1 atom stereocenters. The SMILES string of the molecule is COc1cc(CNCC(C)(C)NC(C)c2ccccc2)ccc1OC(C)C. The van der Waals surface area contributed by atoms with E-state index in [0.717, 1.165) is 24.6 Å². The molecule has 0 amide bonds. The van der Waals surface area contributed by atoms with E-state index in [9.17, 15) is 0 Å². The monoisotopic (exact) mass is 370 g/mol. The maximum atomic E-state index is 5.78. The van der Waals surface area contributed by atoms with E-state index >= 15 is 0 Å². The van der Waals surface area contributed by atoms with Gasteiger partial charge in [-0.05, 0) is 57.9 Å². The van der Waals surface area contributed by atoms with Gasteiger partial charge >= 0.3 is 0 Å². The van der Waals surface area contributed by atoms with Gasteiger partial charge in [-0.2, -0.15) is 0 Å². The van der Waals surface area contributed by atoms with Crippen molar-refractivity contribution in [1.29, 1.82) is 0 Å². The molecule has 148 valence electrons. The van der Waals surface area contributed by atoms with Gasteiger partial charge in [0.1, 0.15) is 0 Å². The summed E-state index contributed by atoms with van der Waals surface area (Å²) in [5.41, 5.74) is 2.45. The Kier molecular flexibility index (Phi) is 7.69. The predicted molar refractivity (Wildman–Crippen MR) is 113 cm³/mol. The van der Waals surface area contributed by atoms with Gasteiger partial charge in [0.25, 0.3) is 0 Å². The van der Waals surface area contributed by atoms with E-state index in [4.69, 9.17) is 9.47 Å². The Morgan fingerprint density at radius 1 is 0.963 bits per heavy atom. The van der Waals surface area contributed by atoms with Gasteiger partial charge in [0.05, 0.1) is 13.2 Å². The van der Waals surface area contributed by atoms with Crippen LogP contribution in [0, 0.1) is 0 Å². The van der Waals surface area contributed by atoms with Crippen molar-refractivity contribution in [2.75, 3.05) is 13.7 Å². The lowest BCUT2D eigenvalue weighted by atomic mass is 10.0. The molecule has 0 fully saturated rings. The first-order valence-electron chi connectivity index (χ1n) is 9.67. The molecule has 0 saturated heterocycles. The van der Waals surface area contributed by atoms with Crippen LogP contribution in [0.25, 0.3) is 0 Å². The van der Waals surface area contributed by atoms with Crippen LogP contribution in [0.5, 0.6) is 11.5 Å². The first kappa shape index (κ1) is 21.3. The van der Waals surface area contributed by atoms with E-state index in [0.29, 0.717) is 6.04 Å². The fraction of sp³-hybridized carbons (Fsp3) is 0.478. The highest BCUT2D eigenvalue weighted by Gasteiger charge is 2.20. The quantitative estimate of drug-likeness (QED) is 0.636. The van der Waals surface area contributed by atoms with Crippen molar-refractivity contribution >= 4 is 0 Å². The number of methoxy groups -OCH3 is 1. The molecule has 0 spiro atoms. The lowest BCUT2D eigenvalue weighted by Gasteiger charge is -2.31. The Bertz CT molecular complexity index is 699. The smallest absolute Gasteiger partial charge is 0.161 e. The molecule has 1 unspecified atom stereocenters. The van der Waals surface area contributed by atoms with Crippen molar-refractivity contribution in [1.82, 2.24) is 10.6 Å². The van der Waals surface area contributed by atoms with E-state index in [1.165, 1.54) is 11.1 Å². The average molecular weight is 371 g/mol. The van der Waals surface area contributed by atoms with Crippen LogP contribution < -0.4 is 20.1 Å². The lowest BCUT2D eigenvalue weighted by Crippen LogP contribution is -2.48. The van der Waals surface area contributed by atoms with E-state index in [1.807, 2.05) is 26.0 Å². The first-order chi connectivity index (χ1) is 12.8. The number of rotatable bonds is 10. The molecule has 0 radical (unpaired) electrons. The summed E-state index contributed by atoms with van der Waals surface area (Å²) in [6.45, 7) is 12.3. The van der Waals surface area contributed by atoms with Crippen molar-refractivity contribution in [2.24, 2.45) is 0 Å². The second kappa shape index (κ2) is 9.77. The highest BCUT2D eigenvalue weighted by Crippen LogP contribution is 2.29. The number of ether oxygens (including phenoxy) is 2. The molecule has 0 aliphatic carbocycles. The molecule has 2 aromatic rings. The van der Waals surface area contributed by atoms with Crippen LogP contribution in [-0.2, 0) is 6.54 Å². The van der Waals surface area contributed by atoms with Crippen LogP contribution in [0.4, 0.5) is 0 Å². The summed E-state index contributed by atoms with van der Waals surface area (Å²) < 4.78 is 11.3. The zero-order valence-electron chi connectivity index (χ0n) is 17.5. The van der Waals surface area contributed by atoms with E-state index in [2.05, 4.69) is 67.8 Å². The zero-order chi connectivity index (χ0) is 19.9. The fourth-order valence-electron chi connectivity index (χ4n) is 3.15. The zero-order valence-corrected chi connectivity index (χ0v) is 17.5. The van der Waals surface area contributed by atoms with Gasteiger partial charge in [-0.3, -0.25) is 0 Å².